The molecular weight excluding hydrogens is 217 g/mol. The number of rotatable bonds is 6. The van der Waals surface area contributed by atoms with Gasteiger partial charge >= 0.3 is 0 Å². The summed E-state index contributed by atoms with van der Waals surface area (Å²) >= 11 is 0. The number of likely N-dealkylation sites (N-methyl/N-ethyl adjacent to an activating group) is 1. The lowest BCUT2D eigenvalue weighted by Gasteiger charge is -2.36. The Kier molecular flexibility index (Phi) is 5.60. The van der Waals surface area contributed by atoms with Gasteiger partial charge in [-0.05, 0) is 39.7 Å². The first-order chi connectivity index (χ1) is 8.04. The standard InChI is InChI=1S/C14H26FNO/c1-5-7-14(11-17-12(2)3)9-13(6-8-15)10-16(14)4/h6,8,12-13H,5,7,9-11H2,1-4H3/b8-6+. The molecule has 0 aliphatic carbocycles. The first kappa shape index (κ1) is 14.7. The summed E-state index contributed by atoms with van der Waals surface area (Å²) in [7, 11) is 2.13. The Morgan fingerprint density at radius 2 is 2.24 bits per heavy atom. The number of hydrogen-bond donors (Lipinski definition) is 0. The summed E-state index contributed by atoms with van der Waals surface area (Å²) in [6, 6.07) is 0. The molecule has 17 heavy (non-hydrogen) atoms. The molecule has 2 unspecified atom stereocenters. The molecule has 0 spiro atoms. The summed E-state index contributed by atoms with van der Waals surface area (Å²) in [6.45, 7) is 8.01. The average Bonchev–Trinajstić information content (AvgIpc) is 2.54. The van der Waals surface area contributed by atoms with Crippen molar-refractivity contribution in [2.45, 2.75) is 51.7 Å². The summed E-state index contributed by atoms with van der Waals surface area (Å²) in [6.07, 6.45) is 5.88. The van der Waals surface area contributed by atoms with Crippen LogP contribution in [0.2, 0.25) is 0 Å². The van der Waals surface area contributed by atoms with Gasteiger partial charge in [-0.1, -0.05) is 19.4 Å². The molecule has 1 rings (SSSR count). The molecule has 0 saturated carbocycles. The van der Waals surface area contributed by atoms with Crippen molar-refractivity contribution in [1.29, 1.82) is 0 Å². The Balaban J connectivity index is 2.69. The molecule has 0 radical (unpaired) electrons. The van der Waals surface area contributed by atoms with Gasteiger partial charge in [-0.2, -0.15) is 0 Å². The van der Waals surface area contributed by atoms with Gasteiger partial charge < -0.3 is 4.74 Å². The number of hydrogen-bond acceptors (Lipinski definition) is 2. The molecule has 0 aromatic carbocycles. The van der Waals surface area contributed by atoms with Crippen LogP contribution in [-0.2, 0) is 4.74 Å². The van der Waals surface area contributed by atoms with Gasteiger partial charge in [-0.25, -0.2) is 4.39 Å². The Morgan fingerprint density at radius 1 is 1.53 bits per heavy atom. The second kappa shape index (κ2) is 6.50. The van der Waals surface area contributed by atoms with Crippen molar-refractivity contribution in [2.75, 3.05) is 20.2 Å². The van der Waals surface area contributed by atoms with E-state index < -0.39 is 0 Å². The van der Waals surface area contributed by atoms with E-state index in [4.69, 9.17) is 4.74 Å². The van der Waals surface area contributed by atoms with Crippen LogP contribution in [0, 0.1) is 5.92 Å². The number of nitrogens with zero attached hydrogens (tertiary/aromatic N) is 1. The van der Waals surface area contributed by atoms with Gasteiger partial charge in [0.1, 0.15) is 0 Å². The molecule has 100 valence electrons. The van der Waals surface area contributed by atoms with Crippen molar-refractivity contribution in [3.05, 3.63) is 12.4 Å². The van der Waals surface area contributed by atoms with E-state index in [1.54, 1.807) is 6.08 Å². The van der Waals surface area contributed by atoms with Crippen LogP contribution in [0.5, 0.6) is 0 Å². The first-order valence-corrected chi connectivity index (χ1v) is 6.64. The molecule has 1 heterocycles. The van der Waals surface area contributed by atoms with Gasteiger partial charge in [-0.15, -0.1) is 0 Å². The van der Waals surface area contributed by atoms with Gasteiger partial charge in [0.2, 0.25) is 0 Å². The van der Waals surface area contributed by atoms with Gasteiger partial charge in [0.05, 0.1) is 19.0 Å². The van der Waals surface area contributed by atoms with E-state index in [0.717, 1.165) is 32.4 Å². The topological polar surface area (TPSA) is 12.5 Å². The van der Waals surface area contributed by atoms with Crippen LogP contribution in [0.25, 0.3) is 0 Å². The molecule has 0 N–H and O–H groups in total. The van der Waals surface area contributed by atoms with E-state index in [1.165, 1.54) is 0 Å². The molecule has 0 aromatic heterocycles. The highest BCUT2D eigenvalue weighted by molar-refractivity contribution is 5.03. The fourth-order valence-electron chi connectivity index (χ4n) is 2.81. The molecular formula is C14H26FNO. The summed E-state index contributed by atoms with van der Waals surface area (Å²) in [5.74, 6) is 0.326. The highest BCUT2D eigenvalue weighted by Gasteiger charge is 2.42. The average molecular weight is 243 g/mol. The van der Waals surface area contributed by atoms with Crippen molar-refractivity contribution in [3.8, 4) is 0 Å². The van der Waals surface area contributed by atoms with Crippen molar-refractivity contribution in [1.82, 2.24) is 4.90 Å². The number of likely N-dealkylation sites (tertiary alicyclic amines) is 1. The van der Waals surface area contributed by atoms with E-state index in [-0.39, 0.29) is 11.6 Å². The van der Waals surface area contributed by atoms with Crippen LogP contribution in [-0.4, -0.2) is 36.7 Å². The second-order valence-corrected chi connectivity index (χ2v) is 5.50. The largest absolute Gasteiger partial charge is 0.377 e. The molecule has 1 fully saturated rings. The van der Waals surface area contributed by atoms with Crippen LogP contribution in [0.1, 0.15) is 40.0 Å². The predicted octanol–water partition coefficient (Wildman–Crippen LogP) is 3.39. The summed E-state index contributed by atoms with van der Waals surface area (Å²) in [5, 5.41) is 0. The molecule has 3 heteroatoms. The van der Waals surface area contributed by atoms with Crippen LogP contribution >= 0.6 is 0 Å². The van der Waals surface area contributed by atoms with Gasteiger partial charge in [0, 0.05) is 12.1 Å². The second-order valence-electron chi connectivity index (χ2n) is 5.50. The Hall–Kier alpha value is -0.410. The normalized spacial score (nSPS) is 30.8. The Labute approximate surface area is 105 Å². The maximum atomic E-state index is 12.3. The highest BCUT2D eigenvalue weighted by atomic mass is 19.1. The van der Waals surface area contributed by atoms with Gasteiger partial charge in [0.25, 0.3) is 0 Å². The van der Waals surface area contributed by atoms with Crippen LogP contribution in [0.4, 0.5) is 4.39 Å². The quantitative estimate of drug-likeness (QED) is 0.709. The Bertz CT molecular complexity index is 255. The van der Waals surface area contributed by atoms with Crippen LogP contribution < -0.4 is 0 Å². The lowest BCUT2D eigenvalue weighted by Crippen LogP contribution is -2.45. The molecule has 0 bridgehead atoms. The van der Waals surface area contributed by atoms with E-state index in [0.29, 0.717) is 12.2 Å². The minimum absolute atomic E-state index is 0.100. The fraction of sp³-hybridized carbons (Fsp3) is 0.857. The van der Waals surface area contributed by atoms with E-state index in [2.05, 4.69) is 32.7 Å². The van der Waals surface area contributed by atoms with Crippen molar-refractivity contribution in [2.24, 2.45) is 5.92 Å². The first-order valence-electron chi connectivity index (χ1n) is 6.64. The van der Waals surface area contributed by atoms with Crippen molar-refractivity contribution >= 4 is 0 Å². The maximum Gasteiger partial charge on any atom is 0.0830 e. The van der Waals surface area contributed by atoms with Crippen LogP contribution in [0.3, 0.4) is 0 Å². The molecule has 2 nitrogen and oxygen atoms in total. The molecule has 2 atom stereocenters. The SMILES string of the molecule is CCCC1(COC(C)C)CC(/C=C/F)CN1C. The zero-order valence-corrected chi connectivity index (χ0v) is 11.6. The molecule has 0 amide bonds. The van der Waals surface area contributed by atoms with E-state index >= 15 is 0 Å². The monoisotopic (exact) mass is 243 g/mol. The lowest BCUT2D eigenvalue weighted by atomic mass is 9.88. The third-order valence-electron chi connectivity index (χ3n) is 3.71. The third kappa shape index (κ3) is 3.78. The van der Waals surface area contributed by atoms with Gasteiger partial charge in [0.15, 0.2) is 0 Å². The zero-order chi connectivity index (χ0) is 12.9. The smallest absolute Gasteiger partial charge is 0.0830 e. The maximum absolute atomic E-state index is 12.3. The zero-order valence-electron chi connectivity index (χ0n) is 11.6. The molecule has 0 aromatic rings. The molecule has 1 aliphatic heterocycles. The fourth-order valence-corrected chi connectivity index (χ4v) is 2.81. The Morgan fingerprint density at radius 3 is 2.76 bits per heavy atom. The van der Waals surface area contributed by atoms with E-state index in [1.807, 2.05) is 0 Å². The molecule has 1 aliphatic rings. The summed E-state index contributed by atoms with van der Waals surface area (Å²) < 4.78 is 18.1. The third-order valence-corrected chi connectivity index (χ3v) is 3.71. The minimum Gasteiger partial charge on any atom is -0.377 e. The van der Waals surface area contributed by atoms with Crippen molar-refractivity contribution < 1.29 is 9.13 Å². The summed E-state index contributed by atoms with van der Waals surface area (Å²) in [4.78, 5) is 2.35. The molecule has 1 saturated heterocycles. The predicted molar refractivity (Wildman–Crippen MR) is 69.7 cm³/mol. The highest BCUT2D eigenvalue weighted by Crippen LogP contribution is 2.36. The number of halogens is 1. The van der Waals surface area contributed by atoms with E-state index in [9.17, 15) is 4.39 Å². The van der Waals surface area contributed by atoms with Gasteiger partial charge in [-0.3, -0.25) is 4.90 Å². The lowest BCUT2D eigenvalue weighted by molar-refractivity contribution is -0.00906. The number of ether oxygens (including phenoxy) is 1. The van der Waals surface area contributed by atoms with Crippen molar-refractivity contribution in [3.63, 3.8) is 0 Å². The minimum atomic E-state index is 0.100. The van der Waals surface area contributed by atoms with Crippen LogP contribution in [0.15, 0.2) is 12.4 Å². The summed E-state index contributed by atoms with van der Waals surface area (Å²) in [5.41, 5.74) is 0.100.